The summed E-state index contributed by atoms with van der Waals surface area (Å²) < 4.78 is 40.5. The zero-order chi connectivity index (χ0) is 16.4. The third-order valence-corrected chi connectivity index (χ3v) is 3.57. The zero-order valence-corrected chi connectivity index (χ0v) is 12.0. The van der Waals surface area contributed by atoms with E-state index in [-0.39, 0.29) is 12.2 Å². The standard InChI is InChI=1S/C14H14F3N5O/c15-14(16,17)9-4-1-2-5-10(9)19-13(23)18-8-12-21-20-11-6-3-7-22(11)12/h1-2,4-5H,3,6-8H2,(H2,18,19,23). The number of nitrogens with zero attached hydrogens (tertiary/aromatic N) is 3. The minimum atomic E-state index is -4.53. The molecule has 0 bridgehead atoms. The van der Waals surface area contributed by atoms with Crippen molar-refractivity contribution in [1.82, 2.24) is 20.1 Å². The van der Waals surface area contributed by atoms with Crippen LogP contribution in [0.1, 0.15) is 23.6 Å². The van der Waals surface area contributed by atoms with Crippen LogP contribution in [0.3, 0.4) is 0 Å². The van der Waals surface area contributed by atoms with Crippen LogP contribution in [-0.2, 0) is 25.7 Å². The number of anilines is 1. The Kier molecular flexibility index (Phi) is 3.93. The Bertz CT molecular complexity index is 725. The number of carbonyl (C=O) groups is 1. The Labute approximate surface area is 129 Å². The molecule has 0 aliphatic carbocycles. The number of urea groups is 1. The molecule has 3 rings (SSSR count). The van der Waals surface area contributed by atoms with Gasteiger partial charge in [-0.2, -0.15) is 13.2 Å². The average molecular weight is 325 g/mol. The number of aromatic nitrogens is 3. The van der Waals surface area contributed by atoms with Crippen molar-refractivity contribution in [3.05, 3.63) is 41.5 Å². The molecule has 0 spiro atoms. The van der Waals surface area contributed by atoms with Gasteiger partial charge < -0.3 is 15.2 Å². The van der Waals surface area contributed by atoms with Gasteiger partial charge in [0.25, 0.3) is 0 Å². The smallest absolute Gasteiger partial charge is 0.331 e. The highest BCUT2D eigenvalue weighted by Gasteiger charge is 2.33. The van der Waals surface area contributed by atoms with Crippen LogP contribution in [0.25, 0.3) is 0 Å². The Morgan fingerprint density at radius 3 is 2.83 bits per heavy atom. The van der Waals surface area contributed by atoms with Crippen LogP contribution in [0.5, 0.6) is 0 Å². The molecule has 23 heavy (non-hydrogen) atoms. The summed E-state index contributed by atoms with van der Waals surface area (Å²) in [5.41, 5.74) is -1.18. The lowest BCUT2D eigenvalue weighted by Crippen LogP contribution is -2.30. The van der Waals surface area contributed by atoms with E-state index in [4.69, 9.17) is 0 Å². The molecule has 9 heteroatoms. The van der Waals surface area contributed by atoms with Crippen molar-refractivity contribution in [2.45, 2.75) is 32.1 Å². The van der Waals surface area contributed by atoms with Crippen molar-refractivity contribution in [3.8, 4) is 0 Å². The fourth-order valence-electron chi connectivity index (χ4n) is 2.51. The number of nitrogens with one attached hydrogen (secondary N) is 2. The van der Waals surface area contributed by atoms with Gasteiger partial charge in [0.1, 0.15) is 5.82 Å². The van der Waals surface area contributed by atoms with Gasteiger partial charge in [-0.1, -0.05) is 12.1 Å². The molecule has 1 aromatic carbocycles. The molecule has 122 valence electrons. The fraction of sp³-hybridized carbons (Fsp3) is 0.357. The minimum absolute atomic E-state index is 0.104. The predicted molar refractivity (Wildman–Crippen MR) is 75.6 cm³/mol. The first-order chi connectivity index (χ1) is 10.9. The molecule has 0 saturated carbocycles. The predicted octanol–water partition coefficient (Wildman–Crippen LogP) is 2.56. The number of fused-ring (bicyclic) bond motifs is 1. The number of alkyl halides is 3. The van der Waals surface area contributed by atoms with Crippen molar-refractivity contribution in [2.24, 2.45) is 0 Å². The van der Waals surface area contributed by atoms with Gasteiger partial charge in [0, 0.05) is 13.0 Å². The average Bonchev–Trinajstić information content (AvgIpc) is 3.08. The number of halogens is 3. The molecular formula is C14H14F3N5O. The maximum Gasteiger partial charge on any atom is 0.418 e. The molecular weight excluding hydrogens is 311 g/mol. The van der Waals surface area contributed by atoms with Crippen LogP contribution >= 0.6 is 0 Å². The van der Waals surface area contributed by atoms with E-state index in [0.717, 1.165) is 31.3 Å². The van der Waals surface area contributed by atoms with Gasteiger partial charge in [-0.15, -0.1) is 10.2 Å². The molecule has 2 aromatic rings. The summed E-state index contributed by atoms with van der Waals surface area (Å²) in [5, 5.41) is 12.7. The normalized spacial score (nSPS) is 13.7. The van der Waals surface area contributed by atoms with E-state index in [1.165, 1.54) is 18.2 Å². The summed E-state index contributed by atoms with van der Waals surface area (Å²) in [6, 6.07) is 4.09. The van der Waals surface area contributed by atoms with Gasteiger partial charge in [0.15, 0.2) is 5.82 Å². The molecule has 2 heterocycles. The number of amides is 2. The lowest BCUT2D eigenvalue weighted by molar-refractivity contribution is -0.136. The first-order valence-electron chi connectivity index (χ1n) is 7.07. The van der Waals surface area contributed by atoms with E-state index in [9.17, 15) is 18.0 Å². The highest BCUT2D eigenvalue weighted by atomic mass is 19.4. The molecule has 1 aliphatic rings. The number of aryl methyl sites for hydroxylation is 1. The molecule has 0 unspecified atom stereocenters. The van der Waals surface area contributed by atoms with Gasteiger partial charge in [0.2, 0.25) is 0 Å². The maximum atomic E-state index is 12.9. The van der Waals surface area contributed by atoms with Gasteiger partial charge >= 0.3 is 12.2 Å². The van der Waals surface area contributed by atoms with E-state index in [1.807, 2.05) is 4.57 Å². The molecule has 2 N–H and O–H groups in total. The van der Waals surface area contributed by atoms with Gasteiger partial charge in [0.05, 0.1) is 17.8 Å². The van der Waals surface area contributed by atoms with Crippen molar-refractivity contribution >= 4 is 11.7 Å². The van der Waals surface area contributed by atoms with Crippen LogP contribution in [0.2, 0.25) is 0 Å². The van der Waals surface area contributed by atoms with Crippen LogP contribution in [0.4, 0.5) is 23.7 Å². The summed E-state index contributed by atoms with van der Waals surface area (Å²) in [7, 11) is 0. The fourth-order valence-corrected chi connectivity index (χ4v) is 2.51. The number of hydrogen-bond acceptors (Lipinski definition) is 3. The zero-order valence-electron chi connectivity index (χ0n) is 12.0. The molecule has 1 aliphatic heterocycles. The summed E-state index contributed by atoms with van der Waals surface area (Å²) in [6.45, 7) is 0.894. The lowest BCUT2D eigenvalue weighted by Gasteiger charge is -2.14. The van der Waals surface area contributed by atoms with Crippen LogP contribution in [-0.4, -0.2) is 20.8 Å². The number of carbonyl (C=O) groups excluding carboxylic acids is 1. The van der Waals surface area contributed by atoms with E-state index >= 15 is 0 Å². The van der Waals surface area contributed by atoms with Crippen molar-refractivity contribution in [2.75, 3.05) is 5.32 Å². The van der Waals surface area contributed by atoms with Crippen LogP contribution in [0.15, 0.2) is 24.3 Å². The maximum absolute atomic E-state index is 12.9. The van der Waals surface area contributed by atoms with Crippen LogP contribution < -0.4 is 10.6 Å². The highest BCUT2D eigenvalue weighted by Crippen LogP contribution is 2.34. The Morgan fingerprint density at radius 1 is 1.26 bits per heavy atom. The largest absolute Gasteiger partial charge is 0.418 e. The van der Waals surface area contributed by atoms with E-state index in [0.29, 0.717) is 5.82 Å². The van der Waals surface area contributed by atoms with Gasteiger partial charge in [-0.3, -0.25) is 0 Å². The molecule has 0 fully saturated rings. The van der Waals surface area contributed by atoms with Crippen LogP contribution in [0, 0.1) is 0 Å². The Morgan fingerprint density at radius 2 is 2.04 bits per heavy atom. The quantitative estimate of drug-likeness (QED) is 0.911. The summed E-state index contributed by atoms with van der Waals surface area (Å²) in [4.78, 5) is 11.8. The number of rotatable bonds is 3. The van der Waals surface area contributed by atoms with E-state index in [2.05, 4.69) is 20.8 Å². The van der Waals surface area contributed by atoms with E-state index in [1.54, 1.807) is 0 Å². The first kappa shape index (κ1) is 15.3. The third kappa shape index (κ3) is 3.27. The highest BCUT2D eigenvalue weighted by molar-refractivity contribution is 5.90. The Hall–Kier alpha value is -2.58. The van der Waals surface area contributed by atoms with Crippen molar-refractivity contribution in [1.29, 1.82) is 0 Å². The minimum Gasteiger partial charge on any atom is -0.331 e. The molecule has 2 amide bonds. The topological polar surface area (TPSA) is 71.8 Å². The monoisotopic (exact) mass is 325 g/mol. The molecule has 6 nitrogen and oxygen atoms in total. The molecule has 0 atom stereocenters. The molecule has 1 aromatic heterocycles. The number of para-hydroxylation sites is 1. The first-order valence-corrected chi connectivity index (χ1v) is 7.07. The van der Waals surface area contributed by atoms with Crippen molar-refractivity contribution in [3.63, 3.8) is 0 Å². The molecule has 0 radical (unpaired) electrons. The Balaban J connectivity index is 1.64. The second-order valence-corrected chi connectivity index (χ2v) is 5.14. The lowest BCUT2D eigenvalue weighted by atomic mass is 10.1. The van der Waals surface area contributed by atoms with Gasteiger partial charge in [-0.25, -0.2) is 4.79 Å². The van der Waals surface area contributed by atoms with Gasteiger partial charge in [-0.05, 0) is 18.6 Å². The summed E-state index contributed by atoms with van der Waals surface area (Å²) in [6.07, 6.45) is -2.71. The summed E-state index contributed by atoms with van der Waals surface area (Å²) >= 11 is 0. The number of hydrogen-bond donors (Lipinski definition) is 2. The SMILES string of the molecule is O=C(NCc1nnc2n1CCC2)Nc1ccccc1C(F)(F)F. The summed E-state index contributed by atoms with van der Waals surface area (Å²) in [5.74, 6) is 1.46. The van der Waals surface area contributed by atoms with E-state index < -0.39 is 17.8 Å². The second-order valence-electron chi connectivity index (χ2n) is 5.14. The van der Waals surface area contributed by atoms with Crippen molar-refractivity contribution < 1.29 is 18.0 Å². The number of benzene rings is 1. The molecule has 0 saturated heterocycles. The second kappa shape index (κ2) is 5.90. The third-order valence-electron chi connectivity index (χ3n) is 3.57.